The molecule has 1 atom stereocenters. The predicted molar refractivity (Wildman–Crippen MR) is 97.1 cm³/mol. The largest absolute Gasteiger partial charge is 0.455 e. The van der Waals surface area contributed by atoms with Gasteiger partial charge < -0.3 is 9.64 Å². The standard InChI is InChI=1S/C19H28ClNO3/c1-12(2)18(15-7-9-16(20)10-8-15)19(23)24-11-17(22)21(13(3)4)14(5)6/h7-10,12-14,18H,11H2,1-6H3/t18-/m1/s1. The zero-order chi connectivity index (χ0) is 18.4. The lowest BCUT2D eigenvalue weighted by atomic mass is 9.88. The summed E-state index contributed by atoms with van der Waals surface area (Å²) in [5.41, 5.74) is 0.844. The molecule has 0 spiro atoms. The lowest BCUT2D eigenvalue weighted by molar-refractivity contribution is -0.155. The third kappa shape index (κ3) is 5.52. The number of rotatable bonds is 7. The Kier molecular flexibility index (Phi) is 7.74. The normalized spacial score (nSPS) is 12.6. The summed E-state index contributed by atoms with van der Waals surface area (Å²) in [6.07, 6.45) is 0. The first kappa shape index (κ1) is 20.5. The average Bonchev–Trinajstić information content (AvgIpc) is 2.46. The Morgan fingerprint density at radius 3 is 1.92 bits per heavy atom. The van der Waals surface area contributed by atoms with E-state index in [2.05, 4.69) is 0 Å². The molecular weight excluding hydrogens is 326 g/mol. The van der Waals surface area contributed by atoms with E-state index in [1.54, 1.807) is 17.0 Å². The Morgan fingerprint density at radius 2 is 1.50 bits per heavy atom. The van der Waals surface area contributed by atoms with E-state index in [1.165, 1.54) is 0 Å². The molecule has 0 bridgehead atoms. The van der Waals surface area contributed by atoms with Gasteiger partial charge in [-0.05, 0) is 51.3 Å². The Labute approximate surface area is 150 Å². The zero-order valence-corrected chi connectivity index (χ0v) is 16.1. The molecule has 0 aliphatic carbocycles. The van der Waals surface area contributed by atoms with E-state index in [-0.39, 0.29) is 36.5 Å². The first-order valence-corrected chi connectivity index (χ1v) is 8.76. The van der Waals surface area contributed by atoms with Crippen LogP contribution in [0.1, 0.15) is 53.0 Å². The second kappa shape index (κ2) is 9.07. The summed E-state index contributed by atoms with van der Waals surface area (Å²) in [4.78, 5) is 26.6. The van der Waals surface area contributed by atoms with Gasteiger partial charge in [0.25, 0.3) is 5.91 Å². The third-order valence-electron chi connectivity index (χ3n) is 3.89. The summed E-state index contributed by atoms with van der Waals surface area (Å²) in [6.45, 7) is 11.5. The molecule has 0 aliphatic heterocycles. The number of halogens is 1. The molecule has 1 aromatic rings. The third-order valence-corrected chi connectivity index (χ3v) is 4.14. The number of carbonyl (C=O) groups excluding carboxylic acids is 2. The van der Waals surface area contributed by atoms with Crippen LogP contribution in [-0.2, 0) is 14.3 Å². The molecule has 24 heavy (non-hydrogen) atoms. The van der Waals surface area contributed by atoms with E-state index < -0.39 is 5.92 Å². The summed E-state index contributed by atoms with van der Waals surface area (Å²) < 4.78 is 5.33. The van der Waals surface area contributed by atoms with E-state index in [0.717, 1.165) is 5.56 Å². The molecule has 5 heteroatoms. The predicted octanol–water partition coefficient (Wildman–Crippen LogP) is 4.27. The van der Waals surface area contributed by atoms with Crippen LogP contribution in [0.2, 0.25) is 5.02 Å². The number of nitrogens with zero attached hydrogens (tertiary/aromatic N) is 1. The lowest BCUT2D eigenvalue weighted by Crippen LogP contribution is -2.44. The van der Waals surface area contributed by atoms with Crippen molar-refractivity contribution in [2.24, 2.45) is 5.92 Å². The maximum atomic E-state index is 12.5. The molecule has 0 aliphatic rings. The van der Waals surface area contributed by atoms with Gasteiger partial charge in [-0.25, -0.2) is 0 Å². The van der Waals surface area contributed by atoms with E-state index in [1.807, 2.05) is 53.7 Å². The highest BCUT2D eigenvalue weighted by Crippen LogP contribution is 2.27. The molecule has 4 nitrogen and oxygen atoms in total. The van der Waals surface area contributed by atoms with Crippen LogP contribution in [0.15, 0.2) is 24.3 Å². The van der Waals surface area contributed by atoms with Gasteiger partial charge in [0.1, 0.15) is 0 Å². The SMILES string of the molecule is CC(C)[C@@H](C(=O)OCC(=O)N(C(C)C)C(C)C)c1ccc(Cl)cc1. The maximum Gasteiger partial charge on any atom is 0.314 e. The minimum atomic E-state index is -0.415. The van der Waals surface area contributed by atoms with Crippen LogP contribution >= 0.6 is 11.6 Å². The fourth-order valence-electron chi connectivity index (χ4n) is 2.93. The molecule has 0 unspecified atom stereocenters. The molecule has 0 saturated heterocycles. The summed E-state index contributed by atoms with van der Waals surface area (Å²) >= 11 is 5.91. The fourth-order valence-corrected chi connectivity index (χ4v) is 3.06. The molecule has 1 rings (SSSR count). The van der Waals surface area contributed by atoms with Crippen molar-refractivity contribution in [3.8, 4) is 0 Å². The number of carbonyl (C=O) groups is 2. The number of ether oxygens (including phenoxy) is 1. The number of benzene rings is 1. The maximum absolute atomic E-state index is 12.5. The van der Waals surface area contributed by atoms with E-state index in [0.29, 0.717) is 5.02 Å². The minimum absolute atomic E-state index is 0.0556. The summed E-state index contributed by atoms with van der Waals surface area (Å²) in [7, 11) is 0. The molecule has 134 valence electrons. The molecule has 1 aromatic carbocycles. The van der Waals surface area contributed by atoms with Crippen LogP contribution in [0.3, 0.4) is 0 Å². The van der Waals surface area contributed by atoms with Crippen LogP contribution in [0, 0.1) is 5.92 Å². The molecule has 1 amide bonds. The highest BCUT2D eigenvalue weighted by molar-refractivity contribution is 6.30. The van der Waals surface area contributed by atoms with Gasteiger partial charge in [0.15, 0.2) is 6.61 Å². The highest BCUT2D eigenvalue weighted by atomic mass is 35.5. The fraction of sp³-hybridized carbons (Fsp3) is 0.579. The highest BCUT2D eigenvalue weighted by Gasteiger charge is 2.28. The van der Waals surface area contributed by atoms with E-state index >= 15 is 0 Å². The number of esters is 1. The number of hydrogen-bond acceptors (Lipinski definition) is 3. The van der Waals surface area contributed by atoms with Gasteiger partial charge in [-0.1, -0.05) is 37.6 Å². The molecule has 0 N–H and O–H groups in total. The van der Waals surface area contributed by atoms with Crippen LogP contribution < -0.4 is 0 Å². The van der Waals surface area contributed by atoms with E-state index in [9.17, 15) is 9.59 Å². The Bertz CT molecular complexity index is 544. The van der Waals surface area contributed by atoms with Crippen molar-refractivity contribution in [2.75, 3.05) is 6.61 Å². The van der Waals surface area contributed by atoms with Crippen molar-refractivity contribution < 1.29 is 14.3 Å². The van der Waals surface area contributed by atoms with E-state index in [4.69, 9.17) is 16.3 Å². The van der Waals surface area contributed by atoms with Gasteiger partial charge in [0.05, 0.1) is 5.92 Å². The topological polar surface area (TPSA) is 46.6 Å². The zero-order valence-electron chi connectivity index (χ0n) is 15.4. The smallest absolute Gasteiger partial charge is 0.314 e. The molecule has 0 aromatic heterocycles. The summed E-state index contributed by atoms with van der Waals surface area (Å²) in [6, 6.07) is 7.28. The second-order valence-electron chi connectivity index (χ2n) is 6.87. The van der Waals surface area contributed by atoms with Gasteiger partial charge in [-0.2, -0.15) is 0 Å². The van der Waals surface area contributed by atoms with Crippen molar-refractivity contribution in [2.45, 2.75) is 59.5 Å². The summed E-state index contributed by atoms with van der Waals surface area (Å²) in [5.74, 6) is -0.915. The number of amides is 1. The van der Waals surface area contributed by atoms with Crippen molar-refractivity contribution in [3.63, 3.8) is 0 Å². The first-order valence-electron chi connectivity index (χ1n) is 8.38. The van der Waals surface area contributed by atoms with Crippen LogP contribution in [0.25, 0.3) is 0 Å². The lowest BCUT2D eigenvalue weighted by Gasteiger charge is -2.30. The average molecular weight is 354 g/mol. The van der Waals surface area contributed by atoms with Crippen molar-refractivity contribution >= 4 is 23.5 Å². The quantitative estimate of drug-likeness (QED) is 0.688. The summed E-state index contributed by atoms with van der Waals surface area (Å²) in [5, 5.41) is 0.620. The molecule has 0 fully saturated rings. The van der Waals surface area contributed by atoms with Gasteiger partial charge in [0.2, 0.25) is 0 Å². The van der Waals surface area contributed by atoms with Crippen molar-refractivity contribution in [1.29, 1.82) is 0 Å². The Morgan fingerprint density at radius 1 is 1.00 bits per heavy atom. The molecular formula is C19H28ClNO3. The Hall–Kier alpha value is -1.55. The minimum Gasteiger partial charge on any atom is -0.455 e. The van der Waals surface area contributed by atoms with Gasteiger partial charge in [-0.3, -0.25) is 9.59 Å². The molecule has 0 saturated carbocycles. The first-order chi connectivity index (χ1) is 11.1. The number of hydrogen-bond donors (Lipinski definition) is 0. The van der Waals surface area contributed by atoms with Gasteiger partial charge in [0, 0.05) is 17.1 Å². The van der Waals surface area contributed by atoms with Crippen molar-refractivity contribution in [1.82, 2.24) is 4.90 Å². The van der Waals surface area contributed by atoms with Gasteiger partial charge in [-0.15, -0.1) is 0 Å². The van der Waals surface area contributed by atoms with Crippen LogP contribution in [0.5, 0.6) is 0 Å². The van der Waals surface area contributed by atoms with Crippen LogP contribution in [0.4, 0.5) is 0 Å². The monoisotopic (exact) mass is 353 g/mol. The second-order valence-corrected chi connectivity index (χ2v) is 7.31. The van der Waals surface area contributed by atoms with Crippen molar-refractivity contribution in [3.05, 3.63) is 34.9 Å². The Balaban J connectivity index is 2.80. The molecule has 0 heterocycles. The molecule has 0 radical (unpaired) electrons. The van der Waals surface area contributed by atoms with Gasteiger partial charge >= 0.3 is 5.97 Å². The van der Waals surface area contributed by atoms with Crippen LogP contribution in [-0.4, -0.2) is 35.5 Å².